The number of rotatable bonds is 8. The van der Waals surface area contributed by atoms with Gasteiger partial charge in [0.25, 0.3) is 0 Å². The minimum Gasteiger partial charge on any atom is -0.381 e. The summed E-state index contributed by atoms with van der Waals surface area (Å²) < 4.78 is 40.0. The quantitative estimate of drug-likeness (QED) is 0.477. The molecule has 0 bridgehead atoms. The number of aromatic nitrogens is 2. The zero-order valence-electron chi connectivity index (χ0n) is 19.3. The van der Waals surface area contributed by atoms with Crippen LogP contribution in [0.1, 0.15) is 60.5 Å². The maximum Gasteiger partial charge on any atom is 0.245 e. The van der Waals surface area contributed by atoms with Crippen LogP contribution < -0.4 is 0 Å². The van der Waals surface area contributed by atoms with E-state index in [1.807, 2.05) is 36.4 Å². The lowest BCUT2D eigenvalue weighted by molar-refractivity contribution is 0.0969. The van der Waals surface area contributed by atoms with Crippen molar-refractivity contribution in [1.82, 2.24) is 14.4 Å². The Morgan fingerprint density at radius 1 is 0.941 bits per heavy atom. The molecule has 0 aliphatic carbocycles. The van der Waals surface area contributed by atoms with Crippen LogP contribution in [-0.2, 0) is 27.6 Å². The van der Waals surface area contributed by atoms with E-state index in [2.05, 4.69) is 34.4 Å². The molecule has 8 heteroatoms. The average molecular weight is 482 g/mol. The highest BCUT2D eigenvalue weighted by Gasteiger charge is 2.46. The fraction of sp³-hybridized carbons (Fsp3) is 0.462. The van der Waals surface area contributed by atoms with E-state index in [0.29, 0.717) is 57.2 Å². The highest BCUT2D eigenvalue weighted by atomic mass is 32.2. The summed E-state index contributed by atoms with van der Waals surface area (Å²) in [6, 6.07) is 20.0. The summed E-state index contributed by atoms with van der Waals surface area (Å²) in [4.78, 5) is 4.65. The maximum atomic E-state index is 13.7. The van der Waals surface area contributed by atoms with E-state index in [1.165, 1.54) is 5.56 Å². The maximum absolute atomic E-state index is 13.7. The molecule has 0 amide bonds. The van der Waals surface area contributed by atoms with Gasteiger partial charge in [-0.2, -0.15) is 9.29 Å². The first-order chi connectivity index (χ1) is 16.6. The van der Waals surface area contributed by atoms with Gasteiger partial charge in [0.05, 0.1) is 5.25 Å². The molecule has 2 saturated heterocycles. The minimum atomic E-state index is -3.52. The molecule has 0 unspecified atom stereocenters. The van der Waals surface area contributed by atoms with Crippen LogP contribution in [0.15, 0.2) is 65.2 Å². The van der Waals surface area contributed by atoms with Crippen molar-refractivity contribution in [2.75, 3.05) is 19.8 Å². The number of benzene rings is 2. The first kappa shape index (κ1) is 23.2. The van der Waals surface area contributed by atoms with Crippen molar-refractivity contribution in [2.24, 2.45) is 0 Å². The van der Waals surface area contributed by atoms with Gasteiger partial charge in [0.1, 0.15) is 6.04 Å². The molecule has 0 saturated carbocycles. The van der Waals surface area contributed by atoms with Crippen LogP contribution in [0.3, 0.4) is 0 Å². The Bertz CT molecular complexity index is 1160. The molecule has 2 aromatic carbocycles. The van der Waals surface area contributed by atoms with E-state index >= 15 is 0 Å². The average Bonchev–Trinajstić information content (AvgIpc) is 3.54. The molecular formula is C26H31N3O4S. The monoisotopic (exact) mass is 481 g/mol. The molecule has 1 aromatic heterocycles. The van der Waals surface area contributed by atoms with Gasteiger partial charge in [0.2, 0.25) is 15.9 Å². The summed E-state index contributed by atoms with van der Waals surface area (Å²) in [5.74, 6) is 1.13. The van der Waals surface area contributed by atoms with Crippen molar-refractivity contribution < 1.29 is 17.7 Å². The number of hydrogen-bond acceptors (Lipinski definition) is 6. The zero-order valence-corrected chi connectivity index (χ0v) is 20.1. The third kappa shape index (κ3) is 5.09. The van der Waals surface area contributed by atoms with Crippen LogP contribution in [0.2, 0.25) is 0 Å². The Morgan fingerprint density at radius 3 is 2.38 bits per heavy atom. The molecule has 2 atom stereocenters. The Balaban J connectivity index is 1.34. The molecule has 180 valence electrons. The van der Waals surface area contributed by atoms with Crippen LogP contribution in [0.5, 0.6) is 0 Å². The normalized spacial score (nSPS) is 22.2. The van der Waals surface area contributed by atoms with Crippen LogP contribution >= 0.6 is 0 Å². The predicted molar refractivity (Wildman–Crippen MR) is 129 cm³/mol. The summed E-state index contributed by atoms with van der Waals surface area (Å²) in [6.07, 6.45) is 4.23. The summed E-state index contributed by atoms with van der Waals surface area (Å²) in [5.41, 5.74) is 2.42. The summed E-state index contributed by atoms with van der Waals surface area (Å²) >= 11 is 0. The second kappa shape index (κ2) is 10.4. The second-order valence-electron chi connectivity index (χ2n) is 9.17. The Kier molecular flexibility index (Phi) is 7.08. The fourth-order valence-electron chi connectivity index (χ4n) is 5.04. The number of ether oxygens (including phenoxy) is 1. The molecule has 2 aliphatic rings. The lowest BCUT2D eigenvalue weighted by Crippen LogP contribution is -2.41. The summed E-state index contributed by atoms with van der Waals surface area (Å²) in [5, 5.41) is 3.77. The van der Waals surface area contributed by atoms with E-state index < -0.39 is 21.3 Å². The molecule has 0 radical (unpaired) electrons. The van der Waals surface area contributed by atoms with Gasteiger partial charge in [-0.1, -0.05) is 65.8 Å². The van der Waals surface area contributed by atoms with E-state index in [1.54, 1.807) is 4.31 Å². The molecule has 0 spiro atoms. The van der Waals surface area contributed by atoms with Gasteiger partial charge in [-0.05, 0) is 49.1 Å². The molecule has 0 N–H and O–H groups in total. The van der Waals surface area contributed by atoms with Crippen LogP contribution in [0.25, 0.3) is 0 Å². The predicted octanol–water partition coefficient (Wildman–Crippen LogP) is 4.28. The van der Waals surface area contributed by atoms with Crippen molar-refractivity contribution in [2.45, 2.75) is 55.7 Å². The molecule has 7 nitrogen and oxygen atoms in total. The third-order valence-corrected chi connectivity index (χ3v) is 9.29. The second-order valence-corrected chi connectivity index (χ2v) is 11.3. The minimum absolute atomic E-state index is 0.0919. The lowest BCUT2D eigenvalue weighted by atomic mass is 9.96. The first-order valence-electron chi connectivity index (χ1n) is 12.1. The third-order valence-electron chi connectivity index (χ3n) is 6.92. The van der Waals surface area contributed by atoms with Gasteiger partial charge < -0.3 is 9.26 Å². The SMILES string of the molecule is O=S(=O)(C1CCOCC1)N1C[C@H](c2ccccc2)C[C@H]1c1nc(CCCc2ccccc2)no1. The van der Waals surface area contributed by atoms with Crippen LogP contribution in [0, 0.1) is 0 Å². The van der Waals surface area contributed by atoms with Crippen molar-refractivity contribution in [1.29, 1.82) is 0 Å². The molecular weight excluding hydrogens is 450 g/mol. The van der Waals surface area contributed by atoms with Crippen molar-refractivity contribution in [3.05, 3.63) is 83.5 Å². The van der Waals surface area contributed by atoms with Gasteiger partial charge in [0, 0.05) is 26.2 Å². The fourth-order valence-corrected chi connectivity index (χ4v) is 7.13. The van der Waals surface area contributed by atoms with E-state index in [9.17, 15) is 8.42 Å². The van der Waals surface area contributed by atoms with Crippen LogP contribution in [0.4, 0.5) is 0 Å². The van der Waals surface area contributed by atoms with E-state index in [4.69, 9.17) is 9.26 Å². The highest BCUT2D eigenvalue weighted by molar-refractivity contribution is 7.89. The van der Waals surface area contributed by atoms with E-state index in [0.717, 1.165) is 18.4 Å². The van der Waals surface area contributed by atoms with Crippen molar-refractivity contribution in [3.63, 3.8) is 0 Å². The molecule has 34 heavy (non-hydrogen) atoms. The van der Waals surface area contributed by atoms with Gasteiger partial charge >= 0.3 is 0 Å². The highest BCUT2D eigenvalue weighted by Crippen LogP contribution is 2.43. The molecule has 2 fully saturated rings. The zero-order chi connectivity index (χ0) is 23.4. The molecule has 3 heterocycles. The first-order valence-corrected chi connectivity index (χ1v) is 13.6. The number of sulfonamides is 1. The topological polar surface area (TPSA) is 85.5 Å². The number of nitrogens with zero attached hydrogens (tertiary/aromatic N) is 3. The molecule has 2 aliphatic heterocycles. The smallest absolute Gasteiger partial charge is 0.245 e. The van der Waals surface area contributed by atoms with Gasteiger partial charge in [-0.15, -0.1) is 0 Å². The summed E-state index contributed by atoms with van der Waals surface area (Å²) in [6.45, 7) is 1.40. The van der Waals surface area contributed by atoms with Crippen LogP contribution in [-0.4, -0.2) is 47.9 Å². The van der Waals surface area contributed by atoms with E-state index in [-0.39, 0.29) is 5.92 Å². The summed E-state index contributed by atoms with van der Waals surface area (Å²) in [7, 11) is -3.52. The van der Waals surface area contributed by atoms with Gasteiger partial charge in [-0.25, -0.2) is 8.42 Å². The standard InChI is InChI=1S/C26H31N3O4S/c30-34(31,23-14-16-32-17-15-23)29-19-22(21-11-5-2-6-12-21)18-24(29)26-27-25(28-33-26)13-7-10-20-8-3-1-4-9-20/h1-6,8-9,11-12,22-24H,7,10,13-19H2/t22-,24+/m1/s1. The number of hydrogen-bond donors (Lipinski definition) is 0. The number of aryl methyl sites for hydroxylation is 2. The van der Waals surface area contributed by atoms with Crippen molar-refractivity contribution in [3.8, 4) is 0 Å². The largest absolute Gasteiger partial charge is 0.381 e. The Morgan fingerprint density at radius 2 is 1.65 bits per heavy atom. The Hall–Kier alpha value is -2.55. The van der Waals surface area contributed by atoms with Gasteiger partial charge in [-0.3, -0.25) is 0 Å². The van der Waals surface area contributed by atoms with Gasteiger partial charge in [0.15, 0.2) is 5.82 Å². The van der Waals surface area contributed by atoms with Crippen molar-refractivity contribution >= 4 is 10.0 Å². The Labute approximate surface area is 201 Å². The molecule has 5 rings (SSSR count). The lowest BCUT2D eigenvalue weighted by Gasteiger charge is -2.29. The molecule has 3 aromatic rings.